The zero-order valence-corrected chi connectivity index (χ0v) is 10.4. The summed E-state index contributed by atoms with van der Waals surface area (Å²) in [4.78, 5) is 4.01. The highest BCUT2D eigenvalue weighted by molar-refractivity contribution is 5.85. The average Bonchev–Trinajstić information content (AvgIpc) is 2.49. The van der Waals surface area contributed by atoms with Crippen molar-refractivity contribution in [2.24, 2.45) is 0 Å². The molecule has 1 aromatic heterocycles. The van der Waals surface area contributed by atoms with E-state index in [4.69, 9.17) is 10.00 Å². The van der Waals surface area contributed by atoms with E-state index >= 15 is 0 Å². The molecule has 3 rings (SSSR count). The first-order valence-corrected chi connectivity index (χ1v) is 6.02. The Bertz CT molecular complexity index is 805. The summed E-state index contributed by atoms with van der Waals surface area (Å²) in [5, 5.41) is 20.6. The molecule has 0 spiro atoms. The van der Waals surface area contributed by atoms with E-state index in [1.54, 1.807) is 24.3 Å². The molecular formula is C16H10N2O2. The van der Waals surface area contributed by atoms with Gasteiger partial charge in [0.15, 0.2) is 11.5 Å². The van der Waals surface area contributed by atoms with Crippen LogP contribution >= 0.6 is 0 Å². The second-order valence-corrected chi connectivity index (χ2v) is 4.27. The van der Waals surface area contributed by atoms with E-state index in [0.29, 0.717) is 17.2 Å². The van der Waals surface area contributed by atoms with E-state index in [0.717, 1.165) is 10.8 Å². The van der Waals surface area contributed by atoms with Gasteiger partial charge in [-0.15, -0.1) is 0 Å². The number of aromatic hydroxyl groups is 1. The van der Waals surface area contributed by atoms with Gasteiger partial charge in [0.05, 0.1) is 5.56 Å². The third kappa shape index (κ3) is 2.25. The van der Waals surface area contributed by atoms with Gasteiger partial charge < -0.3 is 9.84 Å². The summed E-state index contributed by atoms with van der Waals surface area (Å²) in [5.74, 6) is 0.713. The van der Waals surface area contributed by atoms with Gasteiger partial charge in [-0.25, -0.2) is 4.98 Å². The predicted octanol–water partition coefficient (Wildman–Crippen LogP) is 3.60. The summed E-state index contributed by atoms with van der Waals surface area (Å²) < 4.78 is 5.55. The van der Waals surface area contributed by atoms with Crippen LogP contribution in [0.5, 0.6) is 17.4 Å². The van der Waals surface area contributed by atoms with Gasteiger partial charge in [0.1, 0.15) is 6.07 Å². The summed E-state index contributed by atoms with van der Waals surface area (Å²) in [6.07, 6.45) is 1.42. The largest absolute Gasteiger partial charge is 0.504 e. The molecule has 4 heteroatoms. The Hall–Kier alpha value is -3.06. The molecule has 3 aromatic rings. The van der Waals surface area contributed by atoms with Crippen LogP contribution in [0.3, 0.4) is 0 Å². The average molecular weight is 262 g/mol. The Balaban J connectivity index is 1.97. The molecule has 0 radical (unpaired) electrons. The van der Waals surface area contributed by atoms with Crippen molar-refractivity contribution in [1.82, 2.24) is 4.98 Å². The number of hydrogen-bond acceptors (Lipinski definition) is 4. The van der Waals surface area contributed by atoms with Crippen molar-refractivity contribution in [2.75, 3.05) is 0 Å². The summed E-state index contributed by atoms with van der Waals surface area (Å²) in [6.45, 7) is 0. The van der Waals surface area contributed by atoms with Crippen LogP contribution in [0, 0.1) is 11.3 Å². The summed E-state index contributed by atoms with van der Waals surface area (Å²) in [6, 6.07) is 16.3. The molecule has 0 atom stereocenters. The number of fused-ring (bicyclic) bond motifs is 1. The van der Waals surface area contributed by atoms with Gasteiger partial charge in [0, 0.05) is 12.3 Å². The number of aromatic nitrogens is 1. The highest BCUT2D eigenvalue weighted by atomic mass is 16.5. The van der Waals surface area contributed by atoms with E-state index in [2.05, 4.69) is 4.98 Å². The van der Waals surface area contributed by atoms with E-state index < -0.39 is 0 Å². The number of ether oxygens (including phenoxy) is 1. The summed E-state index contributed by atoms with van der Waals surface area (Å²) in [5.41, 5.74) is 0.458. The number of nitrogens with zero attached hydrogens (tertiary/aromatic N) is 2. The lowest BCUT2D eigenvalue weighted by atomic mass is 10.1. The molecule has 0 unspecified atom stereocenters. The molecule has 20 heavy (non-hydrogen) atoms. The van der Waals surface area contributed by atoms with E-state index in [-0.39, 0.29) is 5.75 Å². The molecule has 0 aliphatic rings. The quantitative estimate of drug-likeness (QED) is 0.766. The Morgan fingerprint density at radius 2 is 1.80 bits per heavy atom. The Morgan fingerprint density at radius 3 is 2.45 bits per heavy atom. The number of nitriles is 1. The zero-order chi connectivity index (χ0) is 13.9. The number of benzene rings is 2. The molecular weight excluding hydrogens is 252 g/mol. The van der Waals surface area contributed by atoms with Gasteiger partial charge in [0.2, 0.25) is 5.88 Å². The van der Waals surface area contributed by atoms with E-state index in [9.17, 15) is 5.11 Å². The van der Waals surface area contributed by atoms with Crippen LogP contribution in [0.1, 0.15) is 5.56 Å². The Morgan fingerprint density at radius 1 is 1.05 bits per heavy atom. The molecule has 0 amide bonds. The third-order valence-corrected chi connectivity index (χ3v) is 2.91. The molecule has 0 aliphatic heterocycles. The molecule has 1 heterocycles. The van der Waals surface area contributed by atoms with E-state index in [1.807, 2.05) is 30.3 Å². The highest BCUT2D eigenvalue weighted by Crippen LogP contribution is 2.33. The predicted molar refractivity (Wildman–Crippen MR) is 74.6 cm³/mol. The minimum atomic E-state index is 0.0508. The fraction of sp³-hybridized carbons (Fsp3) is 0. The van der Waals surface area contributed by atoms with Crippen LogP contribution in [0.2, 0.25) is 0 Å². The first-order chi connectivity index (χ1) is 9.76. The van der Waals surface area contributed by atoms with Gasteiger partial charge >= 0.3 is 0 Å². The lowest BCUT2D eigenvalue weighted by molar-refractivity contribution is 0.404. The molecule has 1 N–H and O–H groups in total. The highest BCUT2D eigenvalue weighted by Gasteiger charge is 2.07. The van der Waals surface area contributed by atoms with Gasteiger partial charge in [0.25, 0.3) is 0 Å². The van der Waals surface area contributed by atoms with Crippen molar-refractivity contribution < 1.29 is 9.84 Å². The first kappa shape index (κ1) is 12.0. The number of pyridine rings is 1. The maximum absolute atomic E-state index is 9.97. The van der Waals surface area contributed by atoms with Crippen molar-refractivity contribution in [3.05, 3.63) is 60.3 Å². The molecule has 4 nitrogen and oxygen atoms in total. The van der Waals surface area contributed by atoms with Crippen LogP contribution in [-0.2, 0) is 0 Å². The van der Waals surface area contributed by atoms with Crippen LogP contribution in [0.25, 0.3) is 10.8 Å². The molecule has 0 fully saturated rings. The zero-order valence-electron chi connectivity index (χ0n) is 10.4. The standard InChI is InChI=1S/C16H10N2O2/c17-9-11-5-6-16(18-10-11)20-15-8-13-4-2-1-3-12(13)7-14(15)19/h1-8,10,19H. The van der Waals surface area contributed by atoms with Crippen molar-refractivity contribution in [3.8, 4) is 23.4 Å². The molecule has 0 aliphatic carbocycles. The fourth-order valence-electron chi connectivity index (χ4n) is 1.91. The fourth-order valence-corrected chi connectivity index (χ4v) is 1.91. The number of phenols is 1. The topological polar surface area (TPSA) is 66.1 Å². The maximum atomic E-state index is 9.97. The molecule has 0 saturated carbocycles. The molecule has 0 bridgehead atoms. The minimum absolute atomic E-state index is 0.0508. The Kier molecular flexibility index (Phi) is 2.94. The first-order valence-electron chi connectivity index (χ1n) is 6.02. The van der Waals surface area contributed by atoms with Crippen molar-refractivity contribution in [3.63, 3.8) is 0 Å². The molecule has 0 saturated heterocycles. The number of rotatable bonds is 2. The van der Waals surface area contributed by atoms with Crippen molar-refractivity contribution in [2.45, 2.75) is 0 Å². The van der Waals surface area contributed by atoms with Crippen LogP contribution in [0.4, 0.5) is 0 Å². The second kappa shape index (κ2) is 4.90. The lowest BCUT2D eigenvalue weighted by Gasteiger charge is -2.08. The number of hydrogen-bond donors (Lipinski definition) is 1. The molecule has 2 aromatic carbocycles. The van der Waals surface area contributed by atoms with Crippen LogP contribution in [0.15, 0.2) is 54.7 Å². The van der Waals surface area contributed by atoms with Crippen LogP contribution < -0.4 is 4.74 Å². The molecule has 96 valence electrons. The van der Waals surface area contributed by atoms with Gasteiger partial charge in [-0.3, -0.25) is 0 Å². The van der Waals surface area contributed by atoms with Crippen molar-refractivity contribution >= 4 is 10.8 Å². The van der Waals surface area contributed by atoms with Crippen LogP contribution in [-0.4, -0.2) is 10.1 Å². The van der Waals surface area contributed by atoms with E-state index in [1.165, 1.54) is 6.20 Å². The third-order valence-electron chi connectivity index (χ3n) is 2.91. The van der Waals surface area contributed by atoms with Gasteiger partial charge in [-0.1, -0.05) is 24.3 Å². The van der Waals surface area contributed by atoms with Gasteiger partial charge in [-0.2, -0.15) is 5.26 Å². The normalized spacial score (nSPS) is 10.2. The van der Waals surface area contributed by atoms with Crippen molar-refractivity contribution in [1.29, 1.82) is 5.26 Å². The minimum Gasteiger partial charge on any atom is -0.504 e. The number of phenolic OH excluding ortho intramolecular Hbond substituents is 1. The summed E-state index contributed by atoms with van der Waals surface area (Å²) >= 11 is 0. The van der Waals surface area contributed by atoms with Gasteiger partial charge in [-0.05, 0) is 29.0 Å². The SMILES string of the molecule is N#Cc1ccc(Oc2cc3ccccc3cc2O)nc1. The maximum Gasteiger partial charge on any atom is 0.219 e. The monoisotopic (exact) mass is 262 g/mol. The summed E-state index contributed by atoms with van der Waals surface area (Å²) in [7, 11) is 0. The second-order valence-electron chi connectivity index (χ2n) is 4.27. The smallest absolute Gasteiger partial charge is 0.219 e. The Labute approximate surface area is 115 Å². The lowest BCUT2D eigenvalue weighted by Crippen LogP contribution is -1.89.